The van der Waals surface area contributed by atoms with Crippen LogP contribution in [-0.2, 0) is 9.84 Å². The second-order valence-electron chi connectivity index (χ2n) is 6.07. The molecule has 23 heavy (non-hydrogen) atoms. The number of nitrogens with two attached hydrogens (primary N) is 1. The second-order valence-corrected chi connectivity index (χ2v) is 8.37. The minimum absolute atomic E-state index is 0. The Morgan fingerprint density at radius 1 is 1.30 bits per heavy atom. The van der Waals surface area contributed by atoms with Crippen LogP contribution >= 0.6 is 24.0 Å². The molecule has 2 saturated heterocycles. The Bertz CT molecular complexity index is 472. The molecule has 9 heteroatoms. The van der Waals surface area contributed by atoms with E-state index in [1.54, 1.807) is 0 Å². The Balaban J connectivity index is 0.00000264. The van der Waals surface area contributed by atoms with E-state index in [-0.39, 0.29) is 35.5 Å². The lowest BCUT2D eigenvalue weighted by Gasteiger charge is -2.26. The van der Waals surface area contributed by atoms with Crippen molar-refractivity contribution in [3.05, 3.63) is 0 Å². The summed E-state index contributed by atoms with van der Waals surface area (Å²) in [7, 11) is -2.80. The van der Waals surface area contributed by atoms with Gasteiger partial charge in [0.15, 0.2) is 15.8 Å². The van der Waals surface area contributed by atoms with Crippen LogP contribution in [0.4, 0.5) is 0 Å². The number of aliphatic imine (C=N–C) groups is 1. The first kappa shape index (κ1) is 20.9. The molecule has 0 aromatic heterocycles. The van der Waals surface area contributed by atoms with Crippen LogP contribution in [0.25, 0.3) is 0 Å². The van der Waals surface area contributed by atoms with Crippen molar-refractivity contribution >= 4 is 39.8 Å². The molecule has 2 aliphatic heterocycles. The van der Waals surface area contributed by atoms with Gasteiger partial charge in [0.2, 0.25) is 0 Å². The molecule has 7 nitrogen and oxygen atoms in total. The summed E-state index contributed by atoms with van der Waals surface area (Å²) in [5.41, 5.74) is 5.90. The van der Waals surface area contributed by atoms with Crippen molar-refractivity contribution in [2.24, 2.45) is 10.7 Å². The summed E-state index contributed by atoms with van der Waals surface area (Å²) in [6.07, 6.45) is 2.45. The third-order valence-corrected chi connectivity index (χ3v) is 6.16. The highest BCUT2D eigenvalue weighted by Crippen LogP contribution is 2.16. The van der Waals surface area contributed by atoms with E-state index in [1.165, 1.54) is 19.4 Å². The molecule has 136 valence electrons. The molecule has 2 fully saturated rings. The number of nitrogens with zero attached hydrogens (tertiary/aromatic N) is 3. The van der Waals surface area contributed by atoms with Crippen LogP contribution in [0.5, 0.6) is 0 Å². The first-order chi connectivity index (χ1) is 10.5. The first-order valence-electron chi connectivity index (χ1n) is 8.21. The molecule has 0 spiro atoms. The lowest BCUT2D eigenvalue weighted by atomic mass is 10.2. The van der Waals surface area contributed by atoms with Crippen molar-refractivity contribution in [1.82, 2.24) is 15.1 Å². The van der Waals surface area contributed by atoms with Crippen molar-refractivity contribution < 1.29 is 8.42 Å². The Morgan fingerprint density at radius 3 is 2.65 bits per heavy atom. The zero-order chi connectivity index (χ0) is 16.0. The molecule has 0 aliphatic carbocycles. The van der Waals surface area contributed by atoms with E-state index in [4.69, 9.17) is 5.73 Å². The number of likely N-dealkylation sites (tertiary alicyclic amines) is 1. The Labute approximate surface area is 157 Å². The summed E-state index contributed by atoms with van der Waals surface area (Å²) in [5.74, 6) is 1.03. The molecule has 0 bridgehead atoms. The van der Waals surface area contributed by atoms with Crippen LogP contribution in [0, 0.1) is 0 Å². The van der Waals surface area contributed by atoms with E-state index in [1.807, 2.05) is 0 Å². The molecular formula is C14H30IN5O2S. The minimum atomic E-state index is -2.80. The molecule has 3 N–H and O–H groups in total. The third-order valence-electron chi connectivity index (χ3n) is 4.55. The van der Waals surface area contributed by atoms with Gasteiger partial charge in [-0.2, -0.15) is 0 Å². The minimum Gasteiger partial charge on any atom is -0.370 e. The van der Waals surface area contributed by atoms with E-state index >= 15 is 0 Å². The normalized spacial score (nSPS) is 26.0. The highest BCUT2D eigenvalue weighted by Gasteiger charge is 2.22. The highest BCUT2D eigenvalue weighted by molar-refractivity contribution is 14.0. The molecular weight excluding hydrogens is 429 g/mol. The smallest absolute Gasteiger partial charge is 0.188 e. The lowest BCUT2D eigenvalue weighted by molar-refractivity contribution is 0.273. The Kier molecular flexibility index (Phi) is 9.09. The summed E-state index contributed by atoms with van der Waals surface area (Å²) in [6.45, 7) is 7.93. The molecule has 2 rings (SSSR count). The average Bonchev–Trinajstić information content (AvgIpc) is 2.94. The largest absolute Gasteiger partial charge is 0.370 e. The van der Waals surface area contributed by atoms with Crippen LogP contribution in [0.3, 0.4) is 0 Å². The topological polar surface area (TPSA) is 91.0 Å². The summed E-state index contributed by atoms with van der Waals surface area (Å²) in [4.78, 5) is 9.04. The maximum atomic E-state index is 11.4. The van der Waals surface area contributed by atoms with Crippen molar-refractivity contribution in [3.63, 3.8) is 0 Å². The number of rotatable bonds is 6. The van der Waals surface area contributed by atoms with Crippen LogP contribution in [0.1, 0.15) is 19.8 Å². The van der Waals surface area contributed by atoms with Crippen molar-refractivity contribution in [2.45, 2.75) is 25.8 Å². The van der Waals surface area contributed by atoms with Crippen molar-refractivity contribution in [1.29, 1.82) is 0 Å². The quantitative estimate of drug-likeness (QED) is 0.323. The van der Waals surface area contributed by atoms with Crippen molar-refractivity contribution in [2.75, 3.05) is 57.3 Å². The van der Waals surface area contributed by atoms with Gasteiger partial charge >= 0.3 is 0 Å². The first-order valence-corrected chi connectivity index (χ1v) is 10.0. The number of halogens is 1. The molecule has 0 amide bonds. The van der Waals surface area contributed by atoms with Crippen LogP contribution in [-0.4, -0.2) is 87.5 Å². The molecule has 2 aliphatic rings. The van der Waals surface area contributed by atoms with Gasteiger partial charge in [0.1, 0.15) is 0 Å². The van der Waals surface area contributed by atoms with Gasteiger partial charge < -0.3 is 11.1 Å². The van der Waals surface area contributed by atoms with Gasteiger partial charge in [0, 0.05) is 32.2 Å². The van der Waals surface area contributed by atoms with Crippen molar-refractivity contribution in [3.8, 4) is 0 Å². The van der Waals surface area contributed by atoms with Gasteiger partial charge in [-0.25, -0.2) is 8.42 Å². The van der Waals surface area contributed by atoms with E-state index < -0.39 is 9.84 Å². The molecule has 1 unspecified atom stereocenters. The Morgan fingerprint density at radius 2 is 2.00 bits per heavy atom. The molecule has 0 aromatic carbocycles. The Hall–Kier alpha value is -0.130. The molecule has 0 saturated carbocycles. The number of hydrogen-bond donors (Lipinski definition) is 2. The fourth-order valence-electron chi connectivity index (χ4n) is 3.09. The van der Waals surface area contributed by atoms with Gasteiger partial charge in [-0.3, -0.25) is 14.8 Å². The number of likely N-dealkylation sites (N-methyl/N-ethyl adjacent to an activating group) is 1. The van der Waals surface area contributed by atoms with E-state index in [2.05, 4.69) is 27.0 Å². The molecule has 0 radical (unpaired) electrons. The van der Waals surface area contributed by atoms with Gasteiger partial charge in [-0.1, -0.05) is 6.92 Å². The van der Waals surface area contributed by atoms with Gasteiger partial charge in [-0.05, 0) is 25.9 Å². The van der Waals surface area contributed by atoms with Gasteiger partial charge in [-0.15, -0.1) is 24.0 Å². The molecule has 1 atom stereocenters. The maximum absolute atomic E-state index is 11.4. The lowest BCUT2D eigenvalue weighted by Crippen LogP contribution is -2.45. The predicted octanol–water partition coefficient (Wildman–Crippen LogP) is -0.277. The SMILES string of the molecule is CCN1CCCC1CN=C(N)NCCN1CCS(=O)(=O)CC1.I. The van der Waals surface area contributed by atoms with E-state index in [9.17, 15) is 8.42 Å². The number of nitrogens with one attached hydrogen (secondary N) is 1. The highest BCUT2D eigenvalue weighted by atomic mass is 127. The van der Waals surface area contributed by atoms with Gasteiger partial charge in [0.05, 0.1) is 18.1 Å². The second kappa shape index (κ2) is 10.00. The maximum Gasteiger partial charge on any atom is 0.188 e. The fraction of sp³-hybridized carbons (Fsp3) is 0.929. The summed E-state index contributed by atoms with van der Waals surface area (Å²) >= 11 is 0. The summed E-state index contributed by atoms with van der Waals surface area (Å²) in [5, 5.41) is 3.13. The number of sulfone groups is 1. The van der Waals surface area contributed by atoms with E-state index in [0.717, 1.165) is 19.6 Å². The summed E-state index contributed by atoms with van der Waals surface area (Å²) < 4.78 is 22.7. The van der Waals surface area contributed by atoms with Crippen LogP contribution in [0.15, 0.2) is 4.99 Å². The molecule has 2 heterocycles. The van der Waals surface area contributed by atoms with Crippen LogP contribution < -0.4 is 11.1 Å². The zero-order valence-corrected chi connectivity index (χ0v) is 17.1. The third kappa shape index (κ3) is 7.10. The number of guanidine groups is 1. The summed E-state index contributed by atoms with van der Waals surface area (Å²) in [6, 6.07) is 0.526. The van der Waals surface area contributed by atoms with Crippen LogP contribution in [0.2, 0.25) is 0 Å². The van der Waals surface area contributed by atoms with Gasteiger partial charge in [0.25, 0.3) is 0 Å². The average molecular weight is 459 g/mol. The number of hydrogen-bond acceptors (Lipinski definition) is 5. The van der Waals surface area contributed by atoms with E-state index in [0.29, 0.717) is 31.6 Å². The fourth-order valence-corrected chi connectivity index (χ4v) is 4.37. The predicted molar refractivity (Wildman–Crippen MR) is 105 cm³/mol. The standard InChI is InChI=1S/C14H29N5O2S.HI/c1-2-19-6-3-4-13(19)12-17-14(15)16-5-7-18-8-10-22(20,21)11-9-18;/h13H,2-12H2,1H3,(H3,15,16,17);1H. The monoisotopic (exact) mass is 459 g/mol. The molecule has 0 aromatic rings. The zero-order valence-electron chi connectivity index (χ0n) is 13.9.